The summed E-state index contributed by atoms with van der Waals surface area (Å²) in [4.78, 5) is 24.9. The van der Waals surface area contributed by atoms with Gasteiger partial charge in [-0.05, 0) is 12.1 Å². The van der Waals surface area contributed by atoms with E-state index in [4.69, 9.17) is 11.6 Å². The van der Waals surface area contributed by atoms with Crippen molar-refractivity contribution in [2.24, 2.45) is 0 Å². The first kappa shape index (κ1) is 10.5. The number of carbonyl (C=O) groups excluding carboxylic acids is 2. The molecule has 0 spiro atoms. The molecule has 1 heterocycles. The molecule has 0 aliphatic heterocycles. The van der Waals surface area contributed by atoms with E-state index in [-0.39, 0.29) is 5.69 Å². The van der Waals surface area contributed by atoms with E-state index in [1.807, 2.05) is 0 Å². The van der Waals surface area contributed by atoms with Crippen molar-refractivity contribution in [3.63, 3.8) is 0 Å². The number of rotatable bonds is 3. The summed E-state index contributed by atoms with van der Waals surface area (Å²) >= 11 is 5.60. The first-order chi connectivity index (χ1) is 6.59. The van der Waals surface area contributed by atoms with E-state index >= 15 is 0 Å². The number of aromatic nitrogens is 1. The van der Waals surface area contributed by atoms with E-state index in [1.165, 1.54) is 18.3 Å². The number of carboxylic acids is 1. The van der Waals surface area contributed by atoms with Crippen LogP contribution in [0.15, 0.2) is 18.3 Å². The molecule has 0 radical (unpaired) electrons. The Morgan fingerprint density at radius 1 is 1.57 bits per heavy atom. The van der Waals surface area contributed by atoms with Gasteiger partial charge in [-0.25, -0.2) is 0 Å². The highest BCUT2D eigenvalue weighted by Gasteiger charge is 2.06. The lowest BCUT2D eigenvalue weighted by Crippen LogP contribution is -2.37. The first-order valence-electron chi connectivity index (χ1n) is 3.69. The summed E-state index contributed by atoms with van der Waals surface area (Å²) in [7, 11) is 0. The highest BCUT2D eigenvalue weighted by Crippen LogP contribution is 2.07. The maximum absolute atomic E-state index is 11.2. The lowest BCUT2D eigenvalue weighted by atomic mass is 10.3. The normalized spacial score (nSPS) is 9.50. The third-order valence-corrected chi connectivity index (χ3v) is 1.58. The minimum atomic E-state index is -1.36. The molecule has 0 fully saturated rings. The van der Waals surface area contributed by atoms with Gasteiger partial charge in [0.2, 0.25) is 0 Å². The molecule has 1 rings (SSSR count). The SMILES string of the molecule is O=C([O-])CNC(=O)c1cc(Cl)ccn1. The Bertz CT molecular complexity index is 367. The molecule has 0 atom stereocenters. The minimum absolute atomic E-state index is 0.0683. The largest absolute Gasteiger partial charge is 0.548 e. The summed E-state index contributed by atoms with van der Waals surface area (Å²) in [5.74, 6) is -1.96. The monoisotopic (exact) mass is 213 g/mol. The molecule has 14 heavy (non-hydrogen) atoms. The quantitative estimate of drug-likeness (QED) is 0.714. The van der Waals surface area contributed by atoms with Gasteiger partial charge in [0.1, 0.15) is 5.69 Å². The number of halogens is 1. The van der Waals surface area contributed by atoms with Crippen LogP contribution in [0.3, 0.4) is 0 Å². The van der Waals surface area contributed by atoms with Crippen LogP contribution in [0.1, 0.15) is 10.5 Å². The summed E-state index contributed by atoms with van der Waals surface area (Å²) < 4.78 is 0. The number of nitrogens with zero attached hydrogens (tertiary/aromatic N) is 1. The van der Waals surface area contributed by atoms with Crippen molar-refractivity contribution in [1.82, 2.24) is 10.3 Å². The van der Waals surface area contributed by atoms with Crippen LogP contribution in [-0.2, 0) is 4.79 Å². The molecule has 0 unspecified atom stereocenters. The lowest BCUT2D eigenvalue weighted by molar-refractivity contribution is -0.303. The van der Waals surface area contributed by atoms with Gasteiger partial charge >= 0.3 is 0 Å². The van der Waals surface area contributed by atoms with Gasteiger partial charge in [-0.15, -0.1) is 0 Å². The maximum Gasteiger partial charge on any atom is 0.270 e. The van der Waals surface area contributed by atoms with E-state index < -0.39 is 18.4 Å². The standard InChI is InChI=1S/C8H7ClN2O3/c9-5-1-2-10-6(3-5)8(14)11-4-7(12)13/h1-3H,4H2,(H,11,14)(H,12,13)/p-1. The Morgan fingerprint density at radius 3 is 2.86 bits per heavy atom. The predicted molar refractivity (Wildman–Crippen MR) is 46.6 cm³/mol. The number of hydrogen-bond acceptors (Lipinski definition) is 4. The van der Waals surface area contributed by atoms with Gasteiger partial charge in [-0.1, -0.05) is 11.6 Å². The van der Waals surface area contributed by atoms with Crippen LogP contribution in [-0.4, -0.2) is 23.4 Å². The summed E-state index contributed by atoms with van der Waals surface area (Å²) in [5.41, 5.74) is 0.0683. The van der Waals surface area contributed by atoms with E-state index in [9.17, 15) is 14.7 Å². The average molecular weight is 214 g/mol. The molecule has 74 valence electrons. The van der Waals surface area contributed by atoms with E-state index in [0.717, 1.165) is 0 Å². The Morgan fingerprint density at radius 2 is 2.29 bits per heavy atom. The summed E-state index contributed by atoms with van der Waals surface area (Å²) in [5, 5.41) is 12.5. The molecule has 0 saturated heterocycles. The molecular weight excluding hydrogens is 208 g/mol. The highest BCUT2D eigenvalue weighted by molar-refractivity contribution is 6.30. The zero-order valence-electron chi connectivity index (χ0n) is 6.99. The summed E-state index contributed by atoms with van der Waals surface area (Å²) in [6.45, 7) is -0.549. The highest BCUT2D eigenvalue weighted by atomic mass is 35.5. The average Bonchev–Trinajstić information content (AvgIpc) is 2.14. The number of aliphatic carboxylic acids is 1. The molecule has 0 bridgehead atoms. The maximum atomic E-state index is 11.2. The molecule has 5 nitrogen and oxygen atoms in total. The van der Waals surface area contributed by atoms with Crippen molar-refractivity contribution in [1.29, 1.82) is 0 Å². The van der Waals surface area contributed by atoms with Crippen molar-refractivity contribution in [2.45, 2.75) is 0 Å². The van der Waals surface area contributed by atoms with Crippen molar-refractivity contribution in [2.75, 3.05) is 6.54 Å². The Kier molecular flexibility index (Phi) is 3.41. The zero-order chi connectivity index (χ0) is 10.6. The fraction of sp³-hybridized carbons (Fsp3) is 0.125. The molecule has 0 aromatic carbocycles. The van der Waals surface area contributed by atoms with Crippen LogP contribution in [0.4, 0.5) is 0 Å². The van der Waals surface area contributed by atoms with Crippen molar-refractivity contribution < 1.29 is 14.7 Å². The summed E-state index contributed by atoms with van der Waals surface area (Å²) in [6.07, 6.45) is 1.36. The fourth-order valence-corrected chi connectivity index (χ4v) is 0.932. The van der Waals surface area contributed by atoms with Crippen LogP contribution < -0.4 is 10.4 Å². The van der Waals surface area contributed by atoms with Crippen molar-refractivity contribution in [3.8, 4) is 0 Å². The van der Waals surface area contributed by atoms with Crippen LogP contribution in [0.5, 0.6) is 0 Å². The van der Waals surface area contributed by atoms with Crippen LogP contribution in [0.25, 0.3) is 0 Å². The van der Waals surface area contributed by atoms with Crippen molar-refractivity contribution >= 4 is 23.5 Å². The number of carboxylic acid groups (broad SMARTS) is 1. The van der Waals surface area contributed by atoms with Gasteiger partial charge in [-0.3, -0.25) is 9.78 Å². The smallest absolute Gasteiger partial charge is 0.270 e. The van der Waals surface area contributed by atoms with Gasteiger partial charge in [0.05, 0.1) is 12.5 Å². The number of pyridine rings is 1. The molecule has 1 aromatic heterocycles. The van der Waals surface area contributed by atoms with E-state index in [2.05, 4.69) is 10.3 Å². The molecule has 6 heteroatoms. The molecule has 1 amide bonds. The minimum Gasteiger partial charge on any atom is -0.548 e. The van der Waals surface area contributed by atoms with Crippen LogP contribution in [0.2, 0.25) is 5.02 Å². The lowest BCUT2D eigenvalue weighted by Gasteiger charge is -2.04. The molecule has 1 N–H and O–H groups in total. The van der Waals surface area contributed by atoms with Crippen LogP contribution in [0, 0.1) is 0 Å². The third-order valence-electron chi connectivity index (χ3n) is 1.35. The Hall–Kier alpha value is -1.62. The number of nitrogens with one attached hydrogen (secondary N) is 1. The zero-order valence-corrected chi connectivity index (χ0v) is 7.75. The molecule has 1 aromatic rings. The Balaban J connectivity index is 2.65. The van der Waals surface area contributed by atoms with Gasteiger partial charge < -0.3 is 15.2 Å². The first-order valence-corrected chi connectivity index (χ1v) is 4.07. The molecule has 0 aliphatic carbocycles. The van der Waals surface area contributed by atoms with Crippen LogP contribution >= 0.6 is 11.6 Å². The molecular formula is C8H6ClN2O3-. The number of amides is 1. The van der Waals surface area contributed by atoms with Gasteiger partial charge in [-0.2, -0.15) is 0 Å². The number of hydrogen-bond donors (Lipinski definition) is 1. The fourth-order valence-electron chi connectivity index (χ4n) is 0.772. The second-order valence-electron chi connectivity index (χ2n) is 2.41. The van der Waals surface area contributed by atoms with Crippen molar-refractivity contribution in [3.05, 3.63) is 29.0 Å². The topological polar surface area (TPSA) is 82.1 Å². The van der Waals surface area contributed by atoms with E-state index in [1.54, 1.807) is 0 Å². The summed E-state index contributed by atoms with van der Waals surface area (Å²) in [6, 6.07) is 2.85. The second-order valence-corrected chi connectivity index (χ2v) is 2.85. The molecule has 0 aliphatic rings. The van der Waals surface area contributed by atoms with E-state index in [0.29, 0.717) is 5.02 Å². The second kappa shape index (κ2) is 4.57. The molecule has 0 saturated carbocycles. The predicted octanol–water partition coefficient (Wildman–Crippen LogP) is -0.785. The van der Waals surface area contributed by atoms with Gasteiger partial charge in [0.15, 0.2) is 0 Å². The Labute approximate surface area is 84.7 Å². The van der Waals surface area contributed by atoms with Gasteiger partial charge in [0, 0.05) is 11.2 Å². The van der Waals surface area contributed by atoms with Gasteiger partial charge in [0.25, 0.3) is 5.91 Å². The number of carbonyl (C=O) groups is 2. The third kappa shape index (κ3) is 3.02.